The zero-order valence-electron chi connectivity index (χ0n) is 7.33. The molecule has 12 heavy (non-hydrogen) atoms. The minimum Gasteiger partial charge on any atom is -0.496 e. The van der Waals surface area contributed by atoms with Crippen LogP contribution in [0.15, 0.2) is 18.2 Å². The average Bonchev–Trinajstić information content (AvgIpc) is 2.04. The van der Waals surface area contributed by atoms with Gasteiger partial charge in [0.25, 0.3) is 0 Å². The standard InChI is InChI=1S/C9H13NO.ClH/c1-3-7-8(10)5-4-6-9(7)11-2;/h4-6H,3,10H2,1-2H3;1H. The van der Waals surface area contributed by atoms with E-state index in [1.165, 1.54) is 0 Å². The van der Waals surface area contributed by atoms with Crippen molar-refractivity contribution >= 4 is 18.1 Å². The first-order valence-corrected chi connectivity index (χ1v) is 3.71. The Bertz CT molecular complexity index is 250. The van der Waals surface area contributed by atoms with Gasteiger partial charge in [-0.25, -0.2) is 0 Å². The number of nitrogen functional groups attached to an aromatic ring is 1. The summed E-state index contributed by atoms with van der Waals surface area (Å²) >= 11 is 0. The van der Waals surface area contributed by atoms with E-state index in [0.717, 1.165) is 23.4 Å². The molecule has 0 radical (unpaired) electrons. The van der Waals surface area contributed by atoms with Crippen LogP contribution in [-0.4, -0.2) is 7.11 Å². The minimum absolute atomic E-state index is 0. The number of ether oxygens (including phenoxy) is 1. The first-order valence-electron chi connectivity index (χ1n) is 3.71. The lowest BCUT2D eigenvalue weighted by atomic mass is 10.1. The monoisotopic (exact) mass is 187 g/mol. The van der Waals surface area contributed by atoms with Gasteiger partial charge in [-0.1, -0.05) is 13.0 Å². The fraction of sp³-hybridized carbons (Fsp3) is 0.333. The Morgan fingerprint density at radius 3 is 2.50 bits per heavy atom. The van der Waals surface area contributed by atoms with Gasteiger partial charge in [-0.2, -0.15) is 0 Å². The maximum absolute atomic E-state index is 5.73. The van der Waals surface area contributed by atoms with Gasteiger partial charge in [0.15, 0.2) is 0 Å². The molecule has 0 aliphatic rings. The number of anilines is 1. The van der Waals surface area contributed by atoms with E-state index in [1.807, 2.05) is 18.2 Å². The summed E-state index contributed by atoms with van der Waals surface area (Å²) in [7, 11) is 1.66. The predicted molar refractivity (Wildman–Crippen MR) is 54.0 cm³/mol. The third-order valence-electron chi connectivity index (χ3n) is 1.74. The molecule has 1 aromatic carbocycles. The smallest absolute Gasteiger partial charge is 0.124 e. The Hall–Kier alpha value is -0.890. The molecule has 0 aromatic heterocycles. The van der Waals surface area contributed by atoms with E-state index in [4.69, 9.17) is 10.5 Å². The molecular formula is C9H14ClNO. The molecule has 0 saturated heterocycles. The molecule has 0 unspecified atom stereocenters. The van der Waals surface area contributed by atoms with Crippen LogP contribution in [-0.2, 0) is 6.42 Å². The number of methoxy groups -OCH3 is 1. The number of rotatable bonds is 2. The van der Waals surface area contributed by atoms with Crippen molar-refractivity contribution in [2.75, 3.05) is 12.8 Å². The Balaban J connectivity index is 0.00000121. The molecule has 2 nitrogen and oxygen atoms in total. The van der Waals surface area contributed by atoms with Gasteiger partial charge in [-0.05, 0) is 18.6 Å². The van der Waals surface area contributed by atoms with Crippen molar-refractivity contribution in [3.8, 4) is 5.75 Å². The van der Waals surface area contributed by atoms with Crippen LogP contribution in [0.2, 0.25) is 0 Å². The molecule has 0 bridgehead atoms. The summed E-state index contributed by atoms with van der Waals surface area (Å²) in [4.78, 5) is 0. The van der Waals surface area contributed by atoms with Gasteiger partial charge in [-0.3, -0.25) is 0 Å². The van der Waals surface area contributed by atoms with Crippen LogP contribution in [0.4, 0.5) is 5.69 Å². The third kappa shape index (κ3) is 2.05. The summed E-state index contributed by atoms with van der Waals surface area (Å²) in [5.41, 5.74) is 7.63. The highest BCUT2D eigenvalue weighted by Gasteiger charge is 2.02. The van der Waals surface area contributed by atoms with E-state index in [-0.39, 0.29) is 12.4 Å². The summed E-state index contributed by atoms with van der Waals surface area (Å²) in [6.07, 6.45) is 0.913. The van der Waals surface area contributed by atoms with Gasteiger partial charge in [0.2, 0.25) is 0 Å². The molecule has 68 valence electrons. The molecule has 2 N–H and O–H groups in total. The highest BCUT2D eigenvalue weighted by molar-refractivity contribution is 5.85. The maximum atomic E-state index is 5.73. The van der Waals surface area contributed by atoms with E-state index < -0.39 is 0 Å². The van der Waals surface area contributed by atoms with Gasteiger partial charge in [-0.15, -0.1) is 12.4 Å². The van der Waals surface area contributed by atoms with E-state index in [2.05, 4.69) is 6.92 Å². The molecule has 0 spiro atoms. The Kier molecular flexibility index (Phi) is 4.52. The minimum atomic E-state index is 0. The fourth-order valence-electron chi connectivity index (χ4n) is 1.15. The molecule has 0 aliphatic heterocycles. The highest BCUT2D eigenvalue weighted by atomic mass is 35.5. The zero-order valence-corrected chi connectivity index (χ0v) is 8.15. The van der Waals surface area contributed by atoms with E-state index in [1.54, 1.807) is 7.11 Å². The van der Waals surface area contributed by atoms with Crippen LogP contribution in [0, 0.1) is 0 Å². The second-order valence-electron chi connectivity index (χ2n) is 2.38. The van der Waals surface area contributed by atoms with Crippen molar-refractivity contribution < 1.29 is 4.74 Å². The van der Waals surface area contributed by atoms with E-state index in [9.17, 15) is 0 Å². The molecule has 0 atom stereocenters. The first kappa shape index (κ1) is 11.1. The number of hydrogen-bond donors (Lipinski definition) is 1. The third-order valence-corrected chi connectivity index (χ3v) is 1.74. The van der Waals surface area contributed by atoms with Gasteiger partial charge in [0.1, 0.15) is 5.75 Å². The molecule has 0 aliphatic carbocycles. The Morgan fingerprint density at radius 2 is 2.08 bits per heavy atom. The molecule has 1 aromatic rings. The Morgan fingerprint density at radius 1 is 1.42 bits per heavy atom. The average molecular weight is 188 g/mol. The largest absolute Gasteiger partial charge is 0.496 e. The number of nitrogens with two attached hydrogens (primary N) is 1. The normalized spacial score (nSPS) is 8.83. The lowest BCUT2D eigenvalue weighted by molar-refractivity contribution is 0.410. The van der Waals surface area contributed by atoms with Crippen LogP contribution >= 0.6 is 12.4 Å². The molecule has 0 fully saturated rings. The van der Waals surface area contributed by atoms with Crippen LogP contribution in [0.25, 0.3) is 0 Å². The lowest BCUT2D eigenvalue weighted by Crippen LogP contribution is -1.96. The topological polar surface area (TPSA) is 35.2 Å². The first-order chi connectivity index (χ1) is 5.29. The lowest BCUT2D eigenvalue weighted by Gasteiger charge is -2.07. The molecule has 1 rings (SSSR count). The van der Waals surface area contributed by atoms with Crippen molar-refractivity contribution in [1.82, 2.24) is 0 Å². The SMILES string of the molecule is CCc1c(N)cccc1OC.Cl. The van der Waals surface area contributed by atoms with Crippen molar-refractivity contribution in [3.63, 3.8) is 0 Å². The van der Waals surface area contributed by atoms with Crippen molar-refractivity contribution in [2.45, 2.75) is 13.3 Å². The fourth-order valence-corrected chi connectivity index (χ4v) is 1.15. The van der Waals surface area contributed by atoms with Crippen LogP contribution in [0.5, 0.6) is 5.75 Å². The van der Waals surface area contributed by atoms with Gasteiger partial charge < -0.3 is 10.5 Å². The van der Waals surface area contributed by atoms with E-state index in [0.29, 0.717) is 0 Å². The Labute approximate surface area is 79.1 Å². The highest BCUT2D eigenvalue weighted by Crippen LogP contribution is 2.23. The molecular weight excluding hydrogens is 174 g/mol. The number of halogens is 1. The summed E-state index contributed by atoms with van der Waals surface area (Å²) in [6.45, 7) is 2.06. The molecule has 3 heteroatoms. The van der Waals surface area contributed by atoms with Crippen LogP contribution in [0.1, 0.15) is 12.5 Å². The summed E-state index contributed by atoms with van der Waals surface area (Å²) in [6, 6.07) is 5.71. The van der Waals surface area contributed by atoms with Gasteiger partial charge >= 0.3 is 0 Å². The van der Waals surface area contributed by atoms with Crippen molar-refractivity contribution in [3.05, 3.63) is 23.8 Å². The molecule has 0 heterocycles. The van der Waals surface area contributed by atoms with Crippen molar-refractivity contribution in [2.24, 2.45) is 0 Å². The molecule has 0 amide bonds. The zero-order chi connectivity index (χ0) is 8.27. The summed E-state index contributed by atoms with van der Waals surface area (Å²) in [5, 5.41) is 0. The van der Waals surface area contributed by atoms with Crippen LogP contribution < -0.4 is 10.5 Å². The second-order valence-corrected chi connectivity index (χ2v) is 2.38. The van der Waals surface area contributed by atoms with Gasteiger partial charge in [0.05, 0.1) is 7.11 Å². The maximum Gasteiger partial charge on any atom is 0.124 e. The summed E-state index contributed by atoms with van der Waals surface area (Å²) in [5.74, 6) is 0.882. The number of hydrogen-bond acceptors (Lipinski definition) is 2. The van der Waals surface area contributed by atoms with Crippen molar-refractivity contribution in [1.29, 1.82) is 0 Å². The molecule has 0 saturated carbocycles. The predicted octanol–water partition coefficient (Wildman–Crippen LogP) is 2.26. The summed E-state index contributed by atoms with van der Waals surface area (Å²) < 4.78 is 5.14. The second kappa shape index (κ2) is 4.88. The van der Waals surface area contributed by atoms with Crippen LogP contribution in [0.3, 0.4) is 0 Å². The number of benzene rings is 1. The van der Waals surface area contributed by atoms with E-state index >= 15 is 0 Å². The quantitative estimate of drug-likeness (QED) is 0.721. The van der Waals surface area contributed by atoms with Gasteiger partial charge in [0, 0.05) is 11.3 Å².